The minimum Gasteiger partial charge on any atom is -0.318 e. The molecule has 1 aromatic heterocycles. The summed E-state index contributed by atoms with van der Waals surface area (Å²) in [6.07, 6.45) is 5.36. The Labute approximate surface area is 137 Å². The van der Waals surface area contributed by atoms with Gasteiger partial charge in [-0.1, -0.05) is 31.9 Å². The van der Waals surface area contributed by atoms with Crippen LogP contribution >= 0.6 is 11.3 Å². The van der Waals surface area contributed by atoms with Crippen molar-refractivity contribution in [1.82, 2.24) is 4.57 Å². The topological polar surface area (TPSA) is 17.3 Å². The van der Waals surface area contributed by atoms with Crippen LogP contribution in [0.4, 0.5) is 5.69 Å². The number of rotatable bonds is 2. The van der Waals surface area contributed by atoms with Crippen LogP contribution in [0.5, 0.6) is 0 Å². The van der Waals surface area contributed by atoms with Gasteiger partial charge in [-0.05, 0) is 56.7 Å². The lowest BCUT2D eigenvalue weighted by atomic mass is 9.85. The predicted molar refractivity (Wildman–Crippen MR) is 94.9 cm³/mol. The molecule has 22 heavy (non-hydrogen) atoms. The predicted octanol–water partition coefficient (Wildman–Crippen LogP) is 5.46. The first-order chi connectivity index (χ1) is 10.6. The minimum atomic E-state index is 0.615. The second kappa shape index (κ2) is 6.41. The van der Waals surface area contributed by atoms with E-state index < -0.39 is 0 Å². The van der Waals surface area contributed by atoms with Crippen LogP contribution in [-0.4, -0.2) is 4.57 Å². The molecule has 0 N–H and O–H groups in total. The highest BCUT2D eigenvalue weighted by atomic mass is 32.1. The van der Waals surface area contributed by atoms with E-state index in [2.05, 4.69) is 55.8 Å². The van der Waals surface area contributed by atoms with Crippen LogP contribution in [0.1, 0.15) is 55.5 Å². The third kappa shape index (κ3) is 2.91. The van der Waals surface area contributed by atoms with Crippen LogP contribution in [0.15, 0.2) is 28.6 Å². The van der Waals surface area contributed by atoms with Gasteiger partial charge in [0.2, 0.25) is 0 Å². The number of aromatic nitrogens is 1. The summed E-state index contributed by atoms with van der Waals surface area (Å²) < 4.78 is 2.50. The monoisotopic (exact) mass is 314 g/mol. The summed E-state index contributed by atoms with van der Waals surface area (Å²) in [4.78, 5) is 6.17. The number of nitrogens with zero attached hydrogens (tertiary/aromatic N) is 2. The molecular weight excluding hydrogens is 288 g/mol. The molecular formula is C19H26N2S. The standard InChI is InChI=1S/C19H26N2S/c1-13-9-7-10-17(16(13)4)20-19-21(15(3)12-22-19)18-11-6-5-8-14(18)2/h7,9-10,12,14,18H,5-6,8,11H2,1-4H3. The van der Waals surface area contributed by atoms with E-state index in [1.807, 2.05) is 0 Å². The second-order valence-electron chi connectivity index (χ2n) is 6.69. The summed E-state index contributed by atoms with van der Waals surface area (Å²) in [5.74, 6) is 0.750. The van der Waals surface area contributed by atoms with Gasteiger partial charge in [-0.15, -0.1) is 11.3 Å². The van der Waals surface area contributed by atoms with Gasteiger partial charge in [0.25, 0.3) is 0 Å². The van der Waals surface area contributed by atoms with Gasteiger partial charge < -0.3 is 4.57 Å². The summed E-state index contributed by atoms with van der Waals surface area (Å²) >= 11 is 1.78. The van der Waals surface area contributed by atoms with Crippen molar-refractivity contribution in [2.75, 3.05) is 0 Å². The number of aryl methyl sites for hydroxylation is 2. The van der Waals surface area contributed by atoms with Gasteiger partial charge in [-0.25, -0.2) is 4.99 Å². The highest BCUT2D eigenvalue weighted by molar-refractivity contribution is 7.07. The average Bonchev–Trinajstić information content (AvgIpc) is 2.85. The average molecular weight is 314 g/mol. The molecule has 0 amide bonds. The van der Waals surface area contributed by atoms with Gasteiger partial charge in [-0.3, -0.25) is 0 Å². The maximum atomic E-state index is 5.01. The molecule has 0 spiro atoms. The molecule has 1 aliphatic carbocycles. The van der Waals surface area contributed by atoms with Crippen LogP contribution in [0.3, 0.4) is 0 Å². The molecule has 2 atom stereocenters. The molecule has 118 valence electrons. The van der Waals surface area contributed by atoms with Gasteiger partial charge in [0.1, 0.15) is 0 Å². The van der Waals surface area contributed by atoms with Crippen LogP contribution < -0.4 is 4.80 Å². The molecule has 1 saturated carbocycles. The first-order valence-electron chi connectivity index (χ1n) is 8.35. The van der Waals surface area contributed by atoms with Gasteiger partial charge in [0.05, 0.1) is 5.69 Å². The van der Waals surface area contributed by atoms with Crippen molar-refractivity contribution >= 4 is 17.0 Å². The smallest absolute Gasteiger partial charge is 0.190 e. The lowest BCUT2D eigenvalue weighted by molar-refractivity contribution is 0.251. The summed E-state index contributed by atoms with van der Waals surface area (Å²) in [6, 6.07) is 7.01. The molecule has 0 radical (unpaired) electrons. The molecule has 3 rings (SSSR count). The van der Waals surface area contributed by atoms with Crippen molar-refractivity contribution in [3.8, 4) is 0 Å². The zero-order chi connectivity index (χ0) is 15.7. The summed E-state index contributed by atoms with van der Waals surface area (Å²) in [5, 5.41) is 2.26. The third-order valence-electron chi connectivity index (χ3n) is 5.11. The van der Waals surface area contributed by atoms with Crippen molar-refractivity contribution in [1.29, 1.82) is 0 Å². The van der Waals surface area contributed by atoms with E-state index in [0.717, 1.165) is 16.4 Å². The third-order valence-corrected chi connectivity index (χ3v) is 6.07. The first-order valence-corrected chi connectivity index (χ1v) is 9.23. The van der Waals surface area contributed by atoms with Gasteiger partial charge in [0, 0.05) is 17.1 Å². The Morgan fingerprint density at radius 1 is 1.14 bits per heavy atom. The molecule has 1 aliphatic rings. The highest BCUT2D eigenvalue weighted by Crippen LogP contribution is 2.34. The van der Waals surface area contributed by atoms with E-state index in [1.54, 1.807) is 11.3 Å². The zero-order valence-electron chi connectivity index (χ0n) is 14.1. The summed E-state index contributed by atoms with van der Waals surface area (Å²) in [7, 11) is 0. The summed E-state index contributed by atoms with van der Waals surface area (Å²) in [5.41, 5.74) is 5.07. The Balaban J connectivity index is 2.09. The molecule has 2 nitrogen and oxygen atoms in total. The maximum absolute atomic E-state index is 5.01. The van der Waals surface area contributed by atoms with Gasteiger partial charge in [-0.2, -0.15) is 0 Å². The number of hydrogen-bond acceptors (Lipinski definition) is 2. The normalized spacial score (nSPS) is 23.0. The molecule has 1 aromatic carbocycles. The molecule has 0 saturated heterocycles. The van der Waals surface area contributed by atoms with Gasteiger partial charge >= 0.3 is 0 Å². The lowest BCUT2D eigenvalue weighted by Crippen LogP contribution is -2.29. The van der Waals surface area contributed by atoms with Crippen LogP contribution in [0.2, 0.25) is 0 Å². The molecule has 2 aromatic rings. The molecule has 0 bridgehead atoms. The minimum absolute atomic E-state index is 0.615. The Kier molecular flexibility index (Phi) is 4.53. The SMILES string of the molecule is Cc1cccc(N=c2scc(C)n2C2CCCCC2C)c1C. The largest absolute Gasteiger partial charge is 0.318 e. The Morgan fingerprint density at radius 2 is 1.91 bits per heavy atom. The molecule has 1 fully saturated rings. The highest BCUT2D eigenvalue weighted by Gasteiger charge is 2.24. The molecule has 2 unspecified atom stereocenters. The van der Waals surface area contributed by atoms with E-state index in [0.29, 0.717) is 6.04 Å². The van der Waals surface area contributed by atoms with E-state index in [1.165, 1.54) is 42.5 Å². The fraction of sp³-hybridized carbons (Fsp3) is 0.526. The van der Waals surface area contributed by atoms with Crippen molar-refractivity contribution in [3.63, 3.8) is 0 Å². The number of thiazole rings is 1. The van der Waals surface area contributed by atoms with Crippen molar-refractivity contribution in [2.45, 2.75) is 59.4 Å². The number of benzene rings is 1. The quantitative estimate of drug-likeness (QED) is 0.700. The maximum Gasteiger partial charge on any atom is 0.190 e. The Morgan fingerprint density at radius 3 is 2.68 bits per heavy atom. The van der Waals surface area contributed by atoms with Crippen molar-refractivity contribution in [3.05, 3.63) is 45.2 Å². The Hall–Kier alpha value is -1.35. The lowest BCUT2D eigenvalue weighted by Gasteiger charge is -2.31. The van der Waals surface area contributed by atoms with Crippen LogP contribution in [-0.2, 0) is 0 Å². The van der Waals surface area contributed by atoms with Gasteiger partial charge in [0.15, 0.2) is 4.80 Å². The van der Waals surface area contributed by atoms with E-state index in [4.69, 9.17) is 4.99 Å². The molecule has 1 heterocycles. The zero-order valence-corrected chi connectivity index (χ0v) is 14.9. The van der Waals surface area contributed by atoms with E-state index in [-0.39, 0.29) is 0 Å². The fourth-order valence-corrected chi connectivity index (χ4v) is 4.46. The van der Waals surface area contributed by atoms with E-state index >= 15 is 0 Å². The first kappa shape index (κ1) is 15.5. The Bertz CT molecular complexity index is 723. The van der Waals surface area contributed by atoms with Crippen LogP contribution in [0, 0.1) is 26.7 Å². The van der Waals surface area contributed by atoms with Crippen LogP contribution in [0.25, 0.3) is 0 Å². The fourth-order valence-electron chi connectivity index (χ4n) is 3.53. The van der Waals surface area contributed by atoms with Crippen molar-refractivity contribution < 1.29 is 0 Å². The second-order valence-corrected chi connectivity index (χ2v) is 7.53. The van der Waals surface area contributed by atoms with E-state index in [9.17, 15) is 0 Å². The van der Waals surface area contributed by atoms with Crippen molar-refractivity contribution in [2.24, 2.45) is 10.9 Å². The molecule has 3 heteroatoms. The summed E-state index contributed by atoms with van der Waals surface area (Å²) in [6.45, 7) is 8.95. The number of hydrogen-bond donors (Lipinski definition) is 0. The molecule has 0 aliphatic heterocycles.